The number of methoxy groups -OCH3 is 1. The molecule has 4 aromatic rings. The van der Waals surface area contributed by atoms with Gasteiger partial charge in [-0.15, -0.1) is 0 Å². The first-order valence-electron chi connectivity index (χ1n) is 9.06. The number of fused-ring (bicyclic) bond motifs is 1. The number of ether oxygens (including phenoxy) is 1. The van der Waals surface area contributed by atoms with Crippen LogP contribution >= 0.6 is 0 Å². The second-order valence-electron chi connectivity index (χ2n) is 6.73. The Balaban J connectivity index is 1.69. The fraction of sp³-hybridized carbons (Fsp3) is 0.130. The maximum Gasteiger partial charge on any atom is 0.259 e. The predicted molar refractivity (Wildman–Crippen MR) is 111 cm³/mol. The number of imidazole rings is 1. The molecule has 0 fully saturated rings. The van der Waals surface area contributed by atoms with Crippen LogP contribution in [0.25, 0.3) is 16.9 Å². The first-order valence-corrected chi connectivity index (χ1v) is 9.06. The molecule has 2 heterocycles. The Morgan fingerprint density at radius 2 is 1.86 bits per heavy atom. The lowest BCUT2D eigenvalue weighted by Crippen LogP contribution is -2.14. The van der Waals surface area contributed by atoms with Crippen LogP contribution in [0.5, 0.6) is 5.75 Å². The van der Waals surface area contributed by atoms with Gasteiger partial charge < -0.3 is 14.5 Å². The van der Waals surface area contributed by atoms with E-state index in [1.54, 1.807) is 19.2 Å². The van der Waals surface area contributed by atoms with Crippen LogP contribution < -0.4 is 10.1 Å². The number of nitrogens with zero attached hydrogens (tertiary/aromatic N) is 2. The smallest absolute Gasteiger partial charge is 0.259 e. The summed E-state index contributed by atoms with van der Waals surface area (Å²) in [5.41, 5.74) is 6.08. The molecule has 0 aliphatic heterocycles. The molecule has 28 heavy (non-hydrogen) atoms. The van der Waals surface area contributed by atoms with Crippen LogP contribution in [0.1, 0.15) is 21.5 Å². The van der Waals surface area contributed by atoms with Crippen molar-refractivity contribution in [2.75, 3.05) is 12.4 Å². The van der Waals surface area contributed by atoms with Gasteiger partial charge in [0.2, 0.25) is 0 Å². The van der Waals surface area contributed by atoms with Crippen molar-refractivity contribution < 1.29 is 9.53 Å². The third-order valence-electron chi connectivity index (χ3n) is 4.81. The number of aromatic nitrogens is 2. The monoisotopic (exact) mass is 371 g/mol. The van der Waals surface area contributed by atoms with E-state index in [-0.39, 0.29) is 5.91 Å². The minimum absolute atomic E-state index is 0.205. The number of aryl methyl sites for hydroxylation is 2. The quantitative estimate of drug-likeness (QED) is 0.556. The predicted octanol–water partition coefficient (Wildman–Crippen LogP) is 4.88. The number of rotatable bonds is 4. The zero-order valence-corrected chi connectivity index (χ0v) is 16.1. The van der Waals surface area contributed by atoms with Crippen LogP contribution in [-0.4, -0.2) is 22.4 Å². The summed E-state index contributed by atoms with van der Waals surface area (Å²) in [6, 6.07) is 17.2. The van der Waals surface area contributed by atoms with Crippen molar-refractivity contribution in [1.82, 2.24) is 9.38 Å². The van der Waals surface area contributed by atoms with Gasteiger partial charge >= 0.3 is 0 Å². The average molecular weight is 371 g/mol. The minimum Gasteiger partial charge on any atom is -0.496 e. The van der Waals surface area contributed by atoms with E-state index < -0.39 is 0 Å². The summed E-state index contributed by atoms with van der Waals surface area (Å²) in [4.78, 5) is 17.5. The van der Waals surface area contributed by atoms with Gasteiger partial charge in [-0.25, -0.2) is 4.98 Å². The molecular weight excluding hydrogens is 350 g/mol. The maximum absolute atomic E-state index is 12.8. The zero-order chi connectivity index (χ0) is 19.7. The van der Waals surface area contributed by atoms with Crippen molar-refractivity contribution in [1.29, 1.82) is 0 Å². The number of para-hydroxylation sites is 1. The molecule has 4 rings (SSSR count). The number of pyridine rings is 1. The molecule has 0 bridgehead atoms. The van der Waals surface area contributed by atoms with Crippen molar-refractivity contribution in [2.45, 2.75) is 13.8 Å². The lowest BCUT2D eigenvalue weighted by Gasteiger charge is -2.12. The summed E-state index contributed by atoms with van der Waals surface area (Å²) < 4.78 is 7.31. The van der Waals surface area contributed by atoms with Crippen LogP contribution in [0.15, 0.2) is 67.0 Å². The summed E-state index contributed by atoms with van der Waals surface area (Å²) >= 11 is 0. The number of hydrogen-bond acceptors (Lipinski definition) is 3. The third kappa shape index (κ3) is 3.22. The summed E-state index contributed by atoms with van der Waals surface area (Å²) in [7, 11) is 1.56. The van der Waals surface area contributed by atoms with E-state index in [9.17, 15) is 4.79 Å². The number of amides is 1. The molecule has 1 amide bonds. The van der Waals surface area contributed by atoms with Crippen LogP contribution in [-0.2, 0) is 0 Å². The summed E-state index contributed by atoms with van der Waals surface area (Å²) in [5.74, 6) is 0.341. The van der Waals surface area contributed by atoms with Gasteiger partial charge in [-0.1, -0.05) is 30.3 Å². The molecule has 0 spiro atoms. The van der Waals surface area contributed by atoms with Crippen molar-refractivity contribution in [3.63, 3.8) is 0 Å². The van der Waals surface area contributed by atoms with Gasteiger partial charge in [-0.2, -0.15) is 0 Å². The van der Waals surface area contributed by atoms with Crippen LogP contribution in [0.2, 0.25) is 0 Å². The molecule has 140 valence electrons. The Kier molecular flexibility index (Phi) is 4.57. The van der Waals surface area contributed by atoms with Gasteiger partial charge in [0, 0.05) is 23.6 Å². The molecular formula is C23H21N3O2. The normalized spacial score (nSPS) is 10.8. The molecule has 2 aromatic carbocycles. The van der Waals surface area contributed by atoms with Gasteiger partial charge in [0.05, 0.1) is 18.4 Å². The maximum atomic E-state index is 12.8. The van der Waals surface area contributed by atoms with Crippen LogP contribution in [0.4, 0.5) is 5.69 Å². The van der Waals surface area contributed by atoms with E-state index in [4.69, 9.17) is 9.72 Å². The average Bonchev–Trinajstić information content (AvgIpc) is 3.15. The van der Waals surface area contributed by atoms with E-state index in [1.165, 1.54) is 0 Å². The second kappa shape index (κ2) is 7.19. The van der Waals surface area contributed by atoms with Crippen LogP contribution in [0, 0.1) is 13.8 Å². The summed E-state index contributed by atoms with van der Waals surface area (Å²) in [6.45, 7) is 4.01. The van der Waals surface area contributed by atoms with Crippen molar-refractivity contribution in [2.24, 2.45) is 0 Å². The molecule has 0 aliphatic rings. The summed E-state index contributed by atoms with van der Waals surface area (Å²) in [5, 5.41) is 3.00. The lowest BCUT2D eigenvalue weighted by atomic mass is 10.1. The highest BCUT2D eigenvalue weighted by molar-refractivity contribution is 6.06. The Labute approximate surface area is 163 Å². The minimum atomic E-state index is -0.205. The number of carbonyl (C=O) groups excluding carboxylic acids is 1. The van der Waals surface area contributed by atoms with Crippen molar-refractivity contribution in [3.8, 4) is 17.0 Å². The first-order chi connectivity index (χ1) is 13.6. The Morgan fingerprint density at radius 3 is 2.64 bits per heavy atom. The van der Waals surface area contributed by atoms with Gasteiger partial charge in [0.1, 0.15) is 11.4 Å². The molecule has 1 N–H and O–H groups in total. The summed E-state index contributed by atoms with van der Waals surface area (Å²) in [6.07, 6.45) is 3.98. The lowest BCUT2D eigenvalue weighted by molar-refractivity contribution is 0.102. The molecule has 0 unspecified atom stereocenters. The first kappa shape index (κ1) is 17.8. The Bertz CT molecular complexity index is 1180. The largest absolute Gasteiger partial charge is 0.496 e. The highest BCUT2D eigenvalue weighted by atomic mass is 16.5. The fourth-order valence-corrected chi connectivity index (χ4v) is 3.23. The SMILES string of the molecule is COc1ccccc1C(=O)Nc1cc(-c2cn3cccc(C)c3n2)ccc1C. The van der Waals surface area contributed by atoms with E-state index in [0.29, 0.717) is 11.3 Å². The highest BCUT2D eigenvalue weighted by Gasteiger charge is 2.14. The third-order valence-corrected chi connectivity index (χ3v) is 4.81. The standard InChI is InChI=1S/C23H21N3O2/c1-15-10-11-17(20-14-26-12-6-7-16(2)22(26)24-20)13-19(15)25-23(27)18-8-4-5-9-21(18)28-3/h4-14H,1-3H3,(H,25,27). The van der Waals surface area contributed by atoms with E-state index in [1.807, 2.05) is 73.1 Å². The van der Waals surface area contributed by atoms with Gasteiger partial charge in [-0.3, -0.25) is 4.79 Å². The van der Waals surface area contributed by atoms with Crippen molar-refractivity contribution in [3.05, 3.63) is 83.7 Å². The second-order valence-corrected chi connectivity index (χ2v) is 6.73. The topological polar surface area (TPSA) is 55.6 Å². The van der Waals surface area contributed by atoms with E-state index >= 15 is 0 Å². The van der Waals surface area contributed by atoms with Crippen LogP contribution in [0.3, 0.4) is 0 Å². The molecule has 0 saturated carbocycles. The number of nitrogens with one attached hydrogen (secondary N) is 1. The van der Waals surface area contributed by atoms with Gasteiger partial charge in [-0.05, 0) is 49.2 Å². The number of benzene rings is 2. The molecule has 5 heteroatoms. The van der Waals surface area contributed by atoms with Gasteiger partial charge in [0.15, 0.2) is 0 Å². The molecule has 0 aliphatic carbocycles. The fourth-order valence-electron chi connectivity index (χ4n) is 3.23. The molecule has 5 nitrogen and oxygen atoms in total. The number of hydrogen-bond donors (Lipinski definition) is 1. The van der Waals surface area contributed by atoms with Crippen molar-refractivity contribution >= 4 is 17.2 Å². The molecule has 0 radical (unpaired) electrons. The van der Waals surface area contributed by atoms with E-state index in [0.717, 1.165) is 33.7 Å². The van der Waals surface area contributed by atoms with E-state index in [2.05, 4.69) is 5.32 Å². The number of anilines is 1. The molecule has 2 aromatic heterocycles. The molecule has 0 saturated heterocycles. The molecule has 0 atom stereocenters. The zero-order valence-electron chi connectivity index (χ0n) is 16.1. The Morgan fingerprint density at radius 1 is 1.04 bits per heavy atom. The van der Waals surface area contributed by atoms with Gasteiger partial charge in [0.25, 0.3) is 5.91 Å². The number of carbonyl (C=O) groups is 1. The Hall–Kier alpha value is -3.60. The highest BCUT2D eigenvalue weighted by Crippen LogP contribution is 2.27.